The van der Waals surface area contributed by atoms with Crippen LogP contribution in [0.2, 0.25) is 0 Å². The Morgan fingerprint density at radius 2 is 1.95 bits per heavy atom. The Balaban J connectivity index is 2.07. The Bertz CT molecular complexity index is 493. The van der Waals surface area contributed by atoms with Crippen LogP contribution in [0.5, 0.6) is 0 Å². The van der Waals surface area contributed by atoms with Gasteiger partial charge in [-0.05, 0) is 40.9 Å². The van der Waals surface area contributed by atoms with E-state index in [2.05, 4.69) is 26.2 Å². The SMILES string of the molecule is O=C(O)C1CCCCC1C(=O)Nc1cccc(Br)n1. The van der Waals surface area contributed by atoms with Gasteiger partial charge < -0.3 is 10.4 Å². The normalized spacial score (nSPS) is 22.8. The molecule has 0 spiro atoms. The zero-order chi connectivity index (χ0) is 13.8. The van der Waals surface area contributed by atoms with Gasteiger partial charge in [0.05, 0.1) is 11.8 Å². The van der Waals surface area contributed by atoms with Gasteiger partial charge >= 0.3 is 5.97 Å². The molecule has 0 saturated heterocycles. The van der Waals surface area contributed by atoms with Gasteiger partial charge in [0.2, 0.25) is 5.91 Å². The lowest BCUT2D eigenvalue weighted by atomic mass is 9.79. The van der Waals surface area contributed by atoms with Gasteiger partial charge in [-0.1, -0.05) is 18.9 Å². The molecular weight excluding hydrogens is 312 g/mol. The van der Waals surface area contributed by atoms with Crippen molar-refractivity contribution in [1.82, 2.24) is 4.98 Å². The van der Waals surface area contributed by atoms with Crippen LogP contribution in [0.4, 0.5) is 5.82 Å². The Morgan fingerprint density at radius 1 is 1.26 bits per heavy atom. The molecule has 0 aromatic carbocycles. The maximum absolute atomic E-state index is 12.2. The van der Waals surface area contributed by atoms with Crippen molar-refractivity contribution in [3.05, 3.63) is 22.8 Å². The van der Waals surface area contributed by atoms with E-state index in [1.165, 1.54) is 0 Å². The molecule has 19 heavy (non-hydrogen) atoms. The van der Waals surface area contributed by atoms with Crippen LogP contribution in [0, 0.1) is 11.8 Å². The number of anilines is 1. The van der Waals surface area contributed by atoms with Crippen molar-refractivity contribution in [2.24, 2.45) is 11.8 Å². The summed E-state index contributed by atoms with van der Waals surface area (Å²) in [6.45, 7) is 0. The molecule has 1 saturated carbocycles. The number of carboxylic acid groups (broad SMARTS) is 1. The van der Waals surface area contributed by atoms with E-state index in [9.17, 15) is 9.59 Å². The van der Waals surface area contributed by atoms with Crippen LogP contribution in [0.15, 0.2) is 22.8 Å². The number of hydrogen-bond acceptors (Lipinski definition) is 3. The Morgan fingerprint density at radius 3 is 2.58 bits per heavy atom. The van der Waals surface area contributed by atoms with E-state index < -0.39 is 17.8 Å². The topological polar surface area (TPSA) is 79.3 Å². The molecule has 0 radical (unpaired) electrons. The van der Waals surface area contributed by atoms with Gasteiger partial charge in [-0.15, -0.1) is 0 Å². The Hall–Kier alpha value is -1.43. The molecule has 1 heterocycles. The highest BCUT2D eigenvalue weighted by Gasteiger charge is 2.35. The number of carboxylic acids is 1. The molecule has 5 nitrogen and oxygen atoms in total. The summed E-state index contributed by atoms with van der Waals surface area (Å²) in [5.41, 5.74) is 0. The van der Waals surface area contributed by atoms with Crippen molar-refractivity contribution in [2.45, 2.75) is 25.7 Å². The summed E-state index contributed by atoms with van der Waals surface area (Å²) in [6.07, 6.45) is 2.96. The quantitative estimate of drug-likeness (QED) is 0.837. The number of aromatic nitrogens is 1. The summed E-state index contributed by atoms with van der Waals surface area (Å²) in [5.74, 6) is -1.75. The Kier molecular flexibility index (Phi) is 4.52. The van der Waals surface area contributed by atoms with Gasteiger partial charge in [0.1, 0.15) is 10.4 Å². The summed E-state index contributed by atoms with van der Waals surface area (Å²) in [5, 5.41) is 11.9. The molecule has 1 fully saturated rings. The minimum atomic E-state index is -0.887. The van der Waals surface area contributed by atoms with Gasteiger partial charge in [-0.3, -0.25) is 9.59 Å². The van der Waals surface area contributed by atoms with E-state index in [4.69, 9.17) is 5.11 Å². The molecule has 1 amide bonds. The largest absolute Gasteiger partial charge is 0.481 e. The molecule has 0 aliphatic heterocycles. The molecule has 2 N–H and O–H groups in total. The number of halogens is 1. The molecular formula is C13H15BrN2O3. The van der Waals surface area contributed by atoms with E-state index >= 15 is 0 Å². The second kappa shape index (κ2) is 6.14. The molecule has 6 heteroatoms. The number of aliphatic carboxylic acids is 1. The van der Waals surface area contributed by atoms with E-state index in [0.717, 1.165) is 12.8 Å². The number of nitrogens with zero attached hydrogens (tertiary/aromatic N) is 1. The third kappa shape index (κ3) is 3.53. The number of nitrogens with one attached hydrogen (secondary N) is 1. The van der Waals surface area contributed by atoms with Crippen LogP contribution in [-0.2, 0) is 9.59 Å². The number of hydrogen-bond donors (Lipinski definition) is 2. The fourth-order valence-corrected chi connectivity index (χ4v) is 2.78. The lowest BCUT2D eigenvalue weighted by molar-refractivity contribution is -0.147. The van der Waals surface area contributed by atoms with E-state index in [0.29, 0.717) is 23.3 Å². The van der Waals surface area contributed by atoms with Crippen LogP contribution < -0.4 is 5.32 Å². The van der Waals surface area contributed by atoms with Crippen molar-refractivity contribution in [1.29, 1.82) is 0 Å². The highest BCUT2D eigenvalue weighted by atomic mass is 79.9. The summed E-state index contributed by atoms with van der Waals surface area (Å²) in [6, 6.07) is 5.21. The van der Waals surface area contributed by atoms with Crippen molar-refractivity contribution >= 4 is 33.6 Å². The lowest BCUT2D eigenvalue weighted by Gasteiger charge is -2.27. The first-order chi connectivity index (χ1) is 9.08. The second-order valence-electron chi connectivity index (χ2n) is 4.67. The fraction of sp³-hybridized carbons (Fsp3) is 0.462. The zero-order valence-electron chi connectivity index (χ0n) is 10.3. The predicted octanol–water partition coefficient (Wildman–Crippen LogP) is 2.67. The molecule has 0 bridgehead atoms. The number of pyridine rings is 1. The first kappa shape index (κ1) is 14.0. The zero-order valence-corrected chi connectivity index (χ0v) is 11.9. The van der Waals surface area contributed by atoms with Gasteiger partial charge in [0, 0.05) is 0 Å². The number of amides is 1. The molecule has 2 rings (SSSR count). The molecule has 1 aromatic heterocycles. The molecule has 2 atom stereocenters. The lowest BCUT2D eigenvalue weighted by Crippen LogP contribution is -2.36. The van der Waals surface area contributed by atoms with Gasteiger partial charge in [0.25, 0.3) is 0 Å². The highest BCUT2D eigenvalue weighted by Crippen LogP contribution is 2.31. The van der Waals surface area contributed by atoms with Gasteiger partial charge in [-0.2, -0.15) is 0 Å². The summed E-state index contributed by atoms with van der Waals surface area (Å²) < 4.78 is 0.628. The third-order valence-electron chi connectivity index (χ3n) is 3.39. The number of carbonyl (C=O) groups excluding carboxylic acids is 1. The summed E-state index contributed by atoms with van der Waals surface area (Å²) in [7, 11) is 0. The molecule has 2 unspecified atom stereocenters. The van der Waals surface area contributed by atoms with Crippen molar-refractivity contribution in [3.8, 4) is 0 Å². The Labute approximate surface area is 119 Å². The van der Waals surface area contributed by atoms with Crippen LogP contribution in [0.1, 0.15) is 25.7 Å². The average molecular weight is 327 g/mol. The van der Waals surface area contributed by atoms with Crippen LogP contribution in [0.25, 0.3) is 0 Å². The number of rotatable bonds is 3. The predicted molar refractivity (Wildman–Crippen MR) is 73.7 cm³/mol. The van der Waals surface area contributed by atoms with Gasteiger partial charge in [-0.25, -0.2) is 4.98 Å². The highest BCUT2D eigenvalue weighted by molar-refractivity contribution is 9.10. The third-order valence-corrected chi connectivity index (χ3v) is 3.83. The standard InChI is InChI=1S/C13H15BrN2O3/c14-10-6-3-7-11(15-10)16-12(17)8-4-1-2-5-9(8)13(18)19/h3,6-9H,1-2,4-5H2,(H,18,19)(H,15,16,17). The maximum Gasteiger partial charge on any atom is 0.307 e. The first-order valence-corrected chi connectivity index (χ1v) is 7.03. The molecule has 102 valence electrons. The van der Waals surface area contributed by atoms with Crippen molar-refractivity contribution < 1.29 is 14.7 Å². The molecule has 1 aromatic rings. The van der Waals surface area contributed by atoms with Crippen LogP contribution >= 0.6 is 15.9 Å². The van der Waals surface area contributed by atoms with Gasteiger partial charge in [0.15, 0.2) is 0 Å². The minimum Gasteiger partial charge on any atom is -0.481 e. The average Bonchev–Trinajstić information content (AvgIpc) is 2.38. The summed E-state index contributed by atoms with van der Waals surface area (Å²) in [4.78, 5) is 27.5. The maximum atomic E-state index is 12.2. The van der Waals surface area contributed by atoms with Crippen LogP contribution in [0.3, 0.4) is 0 Å². The van der Waals surface area contributed by atoms with E-state index in [1.807, 2.05) is 0 Å². The van der Waals surface area contributed by atoms with Crippen molar-refractivity contribution in [3.63, 3.8) is 0 Å². The monoisotopic (exact) mass is 326 g/mol. The van der Waals surface area contributed by atoms with Crippen molar-refractivity contribution in [2.75, 3.05) is 5.32 Å². The molecule has 1 aliphatic rings. The first-order valence-electron chi connectivity index (χ1n) is 6.24. The minimum absolute atomic E-state index is 0.252. The van der Waals surface area contributed by atoms with E-state index in [-0.39, 0.29) is 5.91 Å². The second-order valence-corrected chi connectivity index (χ2v) is 5.48. The summed E-state index contributed by atoms with van der Waals surface area (Å²) >= 11 is 3.23. The fourth-order valence-electron chi connectivity index (χ4n) is 2.44. The van der Waals surface area contributed by atoms with E-state index in [1.54, 1.807) is 18.2 Å². The van der Waals surface area contributed by atoms with Crippen LogP contribution in [-0.4, -0.2) is 22.0 Å². The smallest absolute Gasteiger partial charge is 0.307 e. The molecule has 1 aliphatic carbocycles. The number of carbonyl (C=O) groups is 2.